The molecule has 0 aromatic carbocycles. The summed E-state index contributed by atoms with van der Waals surface area (Å²) in [4.78, 5) is 6.55. The van der Waals surface area contributed by atoms with Crippen molar-refractivity contribution in [3.05, 3.63) is 0 Å². The van der Waals surface area contributed by atoms with E-state index in [4.69, 9.17) is 0 Å². The number of nitrogens with zero attached hydrogens (tertiary/aromatic N) is 2. The predicted octanol–water partition coefficient (Wildman–Crippen LogP) is 0.391. The number of piperidine rings is 1. The average Bonchev–Trinajstić information content (AvgIpc) is 2.45. The Bertz CT molecular complexity index is 133. The van der Waals surface area contributed by atoms with Crippen LogP contribution < -0.4 is 0 Å². The van der Waals surface area contributed by atoms with Crippen LogP contribution in [-0.4, -0.2) is 37.3 Å². The van der Waals surface area contributed by atoms with E-state index in [1.807, 2.05) is 0 Å². The Hall–Kier alpha value is -0.370. The van der Waals surface area contributed by atoms with Gasteiger partial charge in [-0.1, -0.05) is 0 Å². The van der Waals surface area contributed by atoms with E-state index in [9.17, 15) is 0 Å². The van der Waals surface area contributed by atoms with Gasteiger partial charge in [-0.2, -0.15) is 0 Å². The fourth-order valence-corrected chi connectivity index (χ4v) is 1.96. The first-order valence-electron chi connectivity index (χ1n) is 3.58. The van der Waals surface area contributed by atoms with Crippen LogP contribution in [0.25, 0.3) is 0 Å². The highest BCUT2D eigenvalue weighted by molar-refractivity contribution is 5.25. The van der Waals surface area contributed by atoms with E-state index in [0.717, 1.165) is 5.92 Å². The molecule has 0 N–H and O–H groups in total. The molecule has 2 nitrogen and oxygen atoms in total. The fraction of sp³-hybridized carbons (Fsp3) is 0.857. The normalized spacial score (nSPS) is 47.8. The molecule has 2 bridgehead atoms. The lowest BCUT2D eigenvalue weighted by atomic mass is 10.0. The summed E-state index contributed by atoms with van der Waals surface area (Å²) >= 11 is 0. The summed E-state index contributed by atoms with van der Waals surface area (Å²) in [6, 6.07) is 0.568. The van der Waals surface area contributed by atoms with Gasteiger partial charge >= 0.3 is 0 Å². The van der Waals surface area contributed by atoms with Gasteiger partial charge in [-0.25, -0.2) is 0 Å². The fourth-order valence-electron chi connectivity index (χ4n) is 1.96. The topological polar surface area (TPSA) is 15.6 Å². The number of hydrogen-bond acceptors (Lipinski definition) is 2. The molecule has 9 heavy (non-hydrogen) atoms. The zero-order chi connectivity index (χ0) is 6.27. The Morgan fingerprint density at radius 3 is 2.67 bits per heavy atom. The summed E-state index contributed by atoms with van der Waals surface area (Å²) < 4.78 is 0. The van der Waals surface area contributed by atoms with Crippen molar-refractivity contribution in [2.75, 3.05) is 19.6 Å². The molecule has 3 unspecified atom stereocenters. The summed E-state index contributed by atoms with van der Waals surface area (Å²) in [6.07, 6.45) is 1.35. The summed E-state index contributed by atoms with van der Waals surface area (Å²) in [5, 5.41) is 0. The third kappa shape index (κ3) is 0.697. The Morgan fingerprint density at radius 1 is 1.44 bits per heavy atom. The molecule has 2 heteroatoms. The molecule has 0 aliphatic carbocycles. The Morgan fingerprint density at radius 2 is 2.33 bits per heavy atom. The smallest absolute Gasteiger partial charge is 0.0660 e. The molecular weight excluding hydrogens is 112 g/mol. The van der Waals surface area contributed by atoms with Crippen LogP contribution in [-0.2, 0) is 0 Å². The first kappa shape index (κ1) is 5.42. The van der Waals surface area contributed by atoms with Crippen molar-refractivity contribution in [3.63, 3.8) is 0 Å². The van der Waals surface area contributed by atoms with E-state index in [2.05, 4.69) is 16.6 Å². The molecule has 0 saturated carbocycles. The molecule has 2 aliphatic rings. The molecule has 0 radical (unpaired) electrons. The number of hydrogen-bond donors (Lipinski definition) is 0. The number of rotatable bonds is 1. The molecule has 2 fully saturated rings. The predicted molar refractivity (Wildman–Crippen MR) is 37.9 cm³/mol. The van der Waals surface area contributed by atoms with Gasteiger partial charge in [-0.15, -0.1) is 0 Å². The van der Waals surface area contributed by atoms with E-state index in [1.54, 1.807) is 0 Å². The van der Waals surface area contributed by atoms with Crippen molar-refractivity contribution in [2.24, 2.45) is 10.9 Å². The Kier molecular flexibility index (Phi) is 1.09. The second-order valence-electron chi connectivity index (χ2n) is 3.06. The van der Waals surface area contributed by atoms with Crippen LogP contribution in [0.1, 0.15) is 6.42 Å². The highest BCUT2D eigenvalue weighted by Gasteiger charge is 2.36. The highest BCUT2D eigenvalue weighted by Crippen LogP contribution is 2.29. The van der Waals surface area contributed by atoms with Crippen molar-refractivity contribution in [2.45, 2.75) is 12.5 Å². The van der Waals surface area contributed by atoms with Crippen molar-refractivity contribution in [1.29, 1.82) is 0 Å². The summed E-state index contributed by atoms with van der Waals surface area (Å²) in [5.41, 5.74) is 0. The molecule has 2 rings (SSSR count). The average molecular weight is 124 g/mol. The Balaban J connectivity index is 2.09. The van der Waals surface area contributed by atoms with Gasteiger partial charge in [0.25, 0.3) is 0 Å². The van der Waals surface area contributed by atoms with Gasteiger partial charge in [0.1, 0.15) is 0 Å². The van der Waals surface area contributed by atoms with Gasteiger partial charge in [0.15, 0.2) is 0 Å². The molecule has 0 amide bonds. The van der Waals surface area contributed by atoms with Crippen molar-refractivity contribution < 1.29 is 0 Å². The van der Waals surface area contributed by atoms with Gasteiger partial charge < -0.3 is 4.90 Å². The maximum atomic E-state index is 4.08. The lowest BCUT2D eigenvalue weighted by Gasteiger charge is -2.17. The number of fused-ring (bicyclic) bond motifs is 2. The van der Waals surface area contributed by atoms with Crippen LogP contribution in [0.15, 0.2) is 4.99 Å². The third-order valence-electron chi connectivity index (χ3n) is 2.53. The van der Waals surface area contributed by atoms with E-state index >= 15 is 0 Å². The van der Waals surface area contributed by atoms with Gasteiger partial charge in [0, 0.05) is 13.1 Å². The SMILES string of the molecule is C=NC1CN2CCC1C2. The van der Waals surface area contributed by atoms with Crippen molar-refractivity contribution in [3.8, 4) is 0 Å². The van der Waals surface area contributed by atoms with Gasteiger partial charge in [0.2, 0.25) is 0 Å². The summed E-state index contributed by atoms with van der Waals surface area (Å²) in [5.74, 6) is 0.850. The van der Waals surface area contributed by atoms with Crippen LogP contribution in [0.2, 0.25) is 0 Å². The minimum Gasteiger partial charge on any atom is -0.301 e. The van der Waals surface area contributed by atoms with Crippen LogP contribution >= 0.6 is 0 Å². The van der Waals surface area contributed by atoms with Crippen LogP contribution in [0.4, 0.5) is 0 Å². The van der Waals surface area contributed by atoms with Crippen LogP contribution in [0.3, 0.4) is 0 Å². The zero-order valence-electron chi connectivity index (χ0n) is 5.58. The first-order valence-corrected chi connectivity index (χ1v) is 3.58. The van der Waals surface area contributed by atoms with Crippen LogP contribution in [0, 0.1) is 5.92 Å². The summed E-state index contributed by atoms with van der Waals surface area (Å²) in [7, 11) is 0. The lowest BCUT2D eigenvalue weighted by molar-refractivity contribution is 0.348. The molecule has 0 aromatic heterocycles. The quantitative estimate of drug-likeness (QED) is 0.462. The zero-order valence-corrected chi connectivity index (χ0v) is 5.58. The van der Waals surface area contributed by atoms with Crippen LogP contribution in [0.5, 0.6) is 0 Å². The van der Waals surface area contributed by atoms with Gasteiger partial charge in [-0.3, -0.25) is 4.99 Å². The molecular formula is C7H12N2. The van der Waals surface area contributed by atoms with E-state index in [-0.39, 0.29) is 0 Å². The standard InChI is InChI=1S/C7H12N2/c1-8-7-5-9-3-2-6(7)4-9/h6-7H,1-5H2. The van der Waals surface area contributed by atoms with Gasteiger partial charge in [-0.05, 0) is 25.6 Å². The highest BCUT2D eigenvalue weighted by atomic mass is 15.2. The monoisotopic (exact) mass is 124 g/mol. The molecule has 3 atom stereocenters. The maximum absolute atomic E-state index is 4.08. The number of aliphatic imine (C=N–C) groups is 1. The van der Waals surface area contributed by atoms with Crippen molar-refractivity contribution >= 4 is 6.72 Å². The van der Waals surface area contributed by atoms with E-state index in [1.165, 1.54) is 26.1 Å². The molecule has 50 valence electrons. The Labute approximate surface area is 55.6 Å². The second kappa shape index (κ2) is 1.81. The maximum Gasteiger partial charge on any atom is 0.0660 e. The first-order chi connectivity index (χ1) is 4.40. The van der Waals surface area contributed by atoms with E-state index in [0.29, 0.717) is 6.04 Å². The van der Waals surface area contributed by atoms with E-state index < -0.39 is 0 Å². The summed E-state index contributed by atoms with van der Waals surface area (Å²) in [6.45, 7) is 7.34. The molecule has 2 heterocycles. The van der Waals surface area contributed by atoms with Gasteiger partial charge in [0.05, 0.1) is 6.04 Å². The minimum absolute atomic E-state index is 0.568. The molecule has 0 spiro atoms. The lowest BCUT2D eigenvalue weighted by Crippen LogP contribution is -2.25. The molecule has 2 aliphatic heterocycles. The van der Waals surface area contributed by atoms with Crippen molar-refractivity contribution in [1.82, 2.24) is 4.90 Å². The second-order valence-corrected chi connectivity index (χ2v) is 3.06. The largest absolute Gasteiger partial charge is 0.301 e. The molecule has 2 saturated heterocycles. The minimum atomic E-state index is 0.568. The molecule has 0 aromatic rings. The third-order valence-corrected chi connectivity index (χ3v) is 2.53.